The van der Waals surface area contributed by atoms with Crippen LogP contribution in [0.15, 0.2) is 0 Å². The average molecular weight is 180 g/mol. The smallest absolute Gasteiger partial charge is 0.450 e. The van der Waals surface area contributed by atoms with Crippen molar-refractivity contribution in [1.82, 2.24) is 0 Å². The van der Waals surface area contributed by atoms with Gasteiger partial charge in [-0.3, -0.25) is 0 Å². The van der Waals surface area contributed by atoms with Crippen LogP contribution >= 0.6 is 9.24 Å². The topological polar surface area (TPSA) is 46.5 Å². The summed E-state index contributed by atoms with van der Waals surface area (Å²) in [6, 6.07) is 0. The summed E-state index contributed by atoms with van der Waals surface area (Å²) in [6.07, 6.45) is 2.72. The van der Waals surface area contributed by atoms with Gasteiger partial charge in [0.15, 0.2) is 0 Å². The number of ether oxygens (including phenoxy) is 1. The van der Waals surface area contributed by atoms with E-state index in [0.717, 1.165) is 0 Å². The number of hydrogen-bond acceptors (Lipinski definition) is 2. The van der Waals surface area contributed by atoms with Crippen molar-refractivity contribution in [3.63, 3.8) is 0 Å². The Hall–Kier alpha value is -0.300. The number of carbonyl (C=O) groups is 1. The lowest BCUT2D eigenvalue weighted by atomic mass is 10.4. The van der Waals surface area contributed by atoms with E-state index in [1.54, 1.807) is 6.92 Å². The van der Waals surface area contributed by atoms with Crippen LogP contribution < -0.4 is 0 Å². The molecule has 11 heavy (non-hydrogen) atoms. The van der Waals surface area contributed by atoms with Gasteiger partial charge in [0.05, 0.1) is 6.61 Å². The Bertz CT molecular complexity index is 83.8. The van der Waals surface area contributed by atoms with Gasteiger partial charge in [0.25, 0.3) is 0 Å². The summed E-state index contributed by atoms with van der Waals surface area (Å²) in [7, 11) is 2.70. The molecule has 0 heterocycles. The second-order valence-corrected chi connectivity index (χ2v) is 2.42. The third-order valence-electron chi connectivity index (χ3n) is 0.825. The molecule has 0 aliphatic carbocycles. The van der Waals surface area contributed by atoms with E-state index < -0.39 is 6.16 Å². The van der Waals surface area contributed by atoms with Gasteiger partial charge in [-0.25, -0.2) is 4.79 Å². The molecular formula is C7H17O3P. The molecule has 0 saturated heterocycles. The van der Waals surface area contributed by atoms with Crippen molar-refractivity contribution in [1.29, 1.82) is 0 Å². The lowest BCUT2D eigenvalue weighted by Crippen LogP contribution is -1.97. The maximum absolute atomic E-state index is 9.38. The summed E-state index contributed by atoms with van der Waals surface area (Å²) < 4.78 is 3.96. The zero-order chi connectivity index (χ0) is 9.11. The molecule has 0 aromatic heterocycles. The highest BCUT2D eigenvalue weighted by molar-refractivity contribution is 7.16. The third kappa shape index (κ3) is 26.0. The third-order valence-corrected chi connectivity index (χ3v) is 1.23. The van der Waals surface area contributed by atoms with Crippen molar-refractivity contribution < 1.29 is 14.6 Å². The van der Waals surface area contributed by atoms with Gasteiger partial charge in [0.1, 0.15) is 0 Å². The molecule has 0 rings (SSSR count). The number of rotatable bonds is 3. The molecule has 0 aromatic carbocycles. The lowest BCUT2D eigenvalue weighted by Gasteiger charge is -1.87. The number of carboxylic acid groups (broad SMARTS) is 1. The summed E-state index contributed by atoms with van der Waals surface area (Å²) >= 11 is 0. The van der Waals surface area contributed by atoms with E-state index >= 15 is 0 Å². The van der Waals surface area contributed by atoms with Crippen LogP contribution in [0.3, 0.4) is 0 Å². The average Bonchev–Trinajstić information content (AvgIpc) is 1.90. The molecule has 0 aliphatic rings. The molecular weight excluding hydrogens is 163 g/mol. The molecule has 1 atom stereocenters. The Balaban J connectivity index is 0. The molecule has 1 N–H and O–H groups in total. The molecule has 0 aromatic rings. The fourth-order valence-corrected chi connectivity index (χ4v) is 0.736. The standard InChI is InChI=1S/C4H11P.C3H6O3/c1-2-3-4-5;1-2-6-3(4)5/h2-5H2,1H3;2H2,1H3,(H,4,5). The summed E-state index contributed by atoms with van der Waals surface area (Å²) in [5, 5.41) is 7.69. The minimum atomic E-state index is -1.21. The predicted octanol–water partition coefficient (Wildman–Crippen LogP) is 2.36. The van der Waals surface area contributed by atoms with Crippen molar-refractivity contribution in [2.75, 3.05) is 12.8 Å². The van der Waals surface area contributed by atoms with Crippen LogP contribution in [0.2, 0.25) is 0 Å². The molecule has 0 saturated carbocycles. The summed E-state index contributed by atoms with van der Waals surface area (Å²) in [4.78, 5) is 9.38. The summed E-state index contributed by atoms with van der Waals surface area (Å²) in [5.41, 5.74) is 0. The molecule has 0 bridgehead atoms. The van der Waals surface area contributed by atoms with Crippen LogP contribution in [-0.2, 0) is 4.74 Å². The highest BCUT2D eigenvalue weighted by Gasteiger charge is 1.86. The first-order valence-corrected chi connectivity index (χ1v) is 4.56. The Morgan fingerprint density at radius 2 is 2.09 bits per heavy atom. The highest BCUT2D eigenvalue weighted by Crippen LogP contribution is 1.89. The number of hydrogen-bond donors (Lipinski definition) is 1. The first kappa shape index (κ1) is 13.3. The Morgan fingerprint density at radius 3 is 2.09 bits per heavy atom. The van der Waals surface area contributed by atoms with Crippen LogP contribution in [0.25, 0.3) is 0 Å². The Kier molecular flexibility index (Phi) is 15.0. The Morgan fingerprint density at radius 1 is 1.55 bits per heavy atom. The van der Waals surface area contributed by atoms with Crippen molar-refractivity contribution in [3.8, 4) is 0 Å². The van der Waals surface area contributed by atoms with E-state index in [1.807, 2.05) is 0 Å². The summed E-state index contributed by atoms with van der Waals surface area (Å²) in [5.74, 6) is 0. The molecule has 0 amide bonds. The van der Waals surface area contributed by atoms with E-state index in [9.17, 15) is 4.79 Å². The largest absolute Gasteiger partial charge is 0.505 e. The van der Waals surface area contributed by atoms with Crippen molar-refractivity contribution in [3.05, 3.63) is 0 Å². The first-order valence-electron chi connectivity index (χ1n) is 3.74. The van der Waals surface area contributed by atoms with Crippen molar-refractivity contribution >= 4 is 15.4 Å². The second kappa shape index (κ2) is 12.4. The SMILES string of the molecule is CCCCP.CCOC(=O)O. The molecule has 4 heteroatoms. The van der Waals surface area contributed by atoms with E-state index in [4.69, 9.17) is 5.11 Å². The van der Waals surface area contributed by atoms with Crippen LogP contribution in [0.5, 0.6) is 0 Å². The fraction of sp³-hybridized carbons (Fsp3) is 0.857. The molecule has 0 fully saturated rings. The van der Waals surface area contributed by atoms with Gasteiger partial charge in [-0.1, -0.05) is 19.8 Å². The minimum absolute atomic E-state index is 0.231. The van der Waals surface area contributed by atoms with Crippen LogP contribution in [0.1, 0.15) is 26.7 Å². The minimum Gasteiger partial charge on any atom is -0.450 e. The molecule has 68 valence electrons. The highest BCUT2D eigenvalue weighted by atomic mass is 31.0. The van der Waals surface area contributed by atoms with Gasteiger partial charge in [0, 0.05) is 0 Å². The summed E-state index contributed by atoms with van der Waals surface area (Å²) in [6.45, 7) is 4.05. The molecule has 0 spiro atoms. The Labute approximate surface area is 70.3 Å². The maximum Gasteiger partial charge on any atom is 0.505 e. The van der Waals surface area contributed by atoms with Gasteiger partial charge in [-0.2, -0.15) is 0 Å². The van der Waals surface area contributed by atoms with Gasteiger partial charge >= 0.3 is 6.16 Å². The molecule has 1 unspecified atom stereocenters. The lowest BCUT2D eigenvalue weighted by molar-refractivity contribution is 0.0966. The molecule has 0 aliphatic heterocycles. The van der Waals surface area contributed by atoms with E-state index in [0.29, 0.717) is 0 Å². The van der Waals surface area contributed by atoms with E-state index in [1.165, 1.54) is 19.0 Å². The fourth-order valence-electron chi connectivity index (χ4n) is 0.328. The quantitative estimate of drug-likeness (QED) is 0.535. The normalized spacial score (nSPS) is 7.91. The predicted molar refractivity (Wildman–Crippen MR) is 49.1 cm³/mol. The van der Waals surface area contributed by atoms with Gasteiger partial charge in [0.2, 0.25) is 0 Å². The number of unbranched alkanes of at least 4 members (excludes halogenated alkanes) is 1. The van der Waals surface area contributed by atoms with Gasteiger partial charge in [-0.05, 0) is 13.1 Å². The molecule has 0 radical (unpaired) electrons. The van der Waals surface area contributed by atoms with Gasteiger partial charge < -0.3 is 9.84 Å². The van der Waals surface area contributed by atoms with E-state index in [2.05, 4.69) is 20.9 Å². The van der Waals surface area contributed by atoms with Crippen LogP contribution in [0, 0.1) is 0 Å². The monoisotopic (exact) mass is 180 g/mol. The zero-order valence-corrected chi connectivity index (χ0v) is 8.32. The van der Waals surface area contributed by atoms with Gasteiger partial charge in [-0.15, -0.1) is 9.24 Å². The first-order chi connectivity index (χ1) is 5.18. The van der Waals surface area contributed by atoms with Crippen LogP contribution in [-0.4, -0.2) is 24.0 Å². The van der Waals surface area contributed by atoms with Crippen molar-refractivity contribution in [2.24, 2.45) is 0 Å². The van der Waals surface area contributed by atoms with Crippen LogP contribution in [0.4, 0.5) is 4.79 Å². The van der Waals surface area contributed by atoms with E-state index in [-0.39, 0.29) is 6.61 Å². The second-order valence-electron chi connectivity index (χ2n) is 1.84. The zero-order valence-electron chi connectivity index (χ0n) is 7.17. The molecule has 3 nitrogen and oxygen atoms in total. The van der Waals surface area contributed by atoms with Crippen molar-refractivity contribution in [2.45, 2.75) is 26.7 Å². The maximum atomic E-state index is 9.38.